The van der Waals surface area contributed by atoms with Gasteiger partial charge < -0.3 is 0 Å². The van der Waals surface area contributed by atoms with Crippen molar-refractivity contribution in [3.8, 4) is 0 Å². The molecule has 0 aromatic carbocycles. The summed E-state index contributed by atoms with van der Waals surface area (Å²) in [6, 6.07) is 0. The van der Waals surface area contributed by atoms with Crippen LogP contribution in [-0.2, 0) is 0 Å². The molecule has 0 bridgehead atoms. The van der Waals surface area contributed by atoms with Gasteiger partial charge in [-0.1, -0.05) is 0 Å². The van der Waals surface area contributed by atoms with Crippen LogP contribution in [0, 0.1) is 0 Å². The molecule has 0 heterocycles. The zero-order valence-electron chi connectivity index (χ0n) is 3.34. The third-order valence-corrected chi connectivity index (χ3v) is 0.447. The normalized spacial score (nSPS) is 20.0. The Labute approximate surface area is 43.7 Å². The number of hydrogen-bond donors (Lipinski definition) is 0. The van der Waals surface area contributed by atoms with Crippen molar-refractivity contribution in [2.75, 3.05) is 6.67 Å². The lowest BCUT2D eigenvalue weighted by molar-refractivity contribution is 0.253. The zero-order chi connectivity index (χ0) is 5.21. The predicted octanol–water partition coefficient (Wildman–Crippen LogP) is 2.04. The molecule has 0 fully saturated rings. The van der Waals surface area contributed by atoms with E-state index in [1.54, 1.807) is 0 Å². The number of halogens is 3. The second-order valence-corrected chi connectivity index (χ2v) is 2.86. The Morgan fingerprint density at radius 2 is 2.00 bits per heavy atom. The molecule has 0 N–H and O–H groups in total. The molecule has 1 unspecified atom stereocenters. The van der Waals surface area contributed by atoms with Gasteiger partial charge in [-0.2, -0.15) is 0 Å². The summed E-state index contributed by atoms with van der Waals surface area (Å²) in [4.78, 5) is 0. The summed E-state index contributed by atoms with van der Waals surface area (Å²) in [6.45, 7) is 0.139. The van der Waals surface area contributed by atoms with Crippen LogP contribution in [0.15, 0.2) is 0 Å². The van der Waals surface area contributed by atoms with Crippen molar-refractivity contribution < 1.29 is 8.78 Å². The average Bonchev–Trinajstić information content (AvgIpc) is 1.35. The highest BCUT2D eigenvalue weighted by Gasteiger charge is 2.15. The third-order valence-electron chi connectivity index (χ3n) is 0.235. The predicted molar refractivity (Wildman–Crippen MR) is 24.4 cm³/mol. The second kappa shape index (κ2) is 1.87. The first-order chi connectivity index (χ1) is 2.56. The molecule has 0 nitrogen and oxygen atoms in total. The number of alkyl halides is 3. The maximum absolute atomic E-state index is 11.7. The van der Waals surface area contributed by atoms with Gasteiger partial charge >= 0.3 is 0 Å². The van der Waals surface area contributed by atoms with Gasteiger partial charge in [0.15, 0.2) is 4.58 Å². The molecule has 38 valence electrons. The van der Waals surface area contributed by atoms with E-state index in [4.69, 9.17) is 0 Å². The van der Waals surface area contributed by atoms with Crippen molar-refractivity contribution >= 4 is 15.9 Å². The first kappa shape index (κ1) is 6.34. The van der Waals surface area contributed by atoms with Crippen molar-refractivity contribution in [2.45, 2.75) is 11.5 Å². The summed E-state index contributed by atoms with van der Waals surface area (Å²) in [5, 5.41) is 0. The fourth-order valence-corrected chi connectivity index (χ4v) is 0. The van der Waals surface area contributed by atoms with Crippen LogP contribution >= 0.6 is 15.9 Å². The van der Waals surface area contributed by atoms with Crippen LogP contribution in [0.2, 0.25) is 0 Å². The second-order valence-electron chi connectivity index (χ2n) is 1.20. The van der Waals surface area contributed by atoms with Crippen LogP contribution in [-0.4, -0.2) is 11.3 Å². The molecule has 0 amide bonds. The summed E-state index contributed by atoms with van der Waals surface area (Å²) >= 11 is 2.44. The topological polar surface area (TPSA) is 0 Å². The van der Waals surface area contributed by atoms with Crippen LogP contribution < -0.4 is 0 Å². The molecular formula is C3H5BrF2. The van der Waals surface area contributed by atoms with E-state index in [0.717, 1.165) is 6.92 Å². The van der Waals surface area contributed by atoms with Crippen molar-refractivity contribution in [3.63, 3.8) is 0 Å². The minimum atomic E-state index is -1.81. The Bertz CT molecular complexity index is 38.5. The van der Waals surface area contributed by atoms with E-state index in [2.05, 4.69) is 15.9 Å². The van der Waals surface area contributed by atoms with E-state index in [1.165, 1.54) is 0 Å². The highest BCUT2D eigenvalue weighted by molar-refractivity contribution is 9.10. The molecule has 0 aliphatic carbocycles. The van der Waals surface area contributed by atoms with Crippen LogP contribution in [0.25, 0.3) is 0 Å². The molecule has 0 aliphatic heterocycles. The smallest absolute Gasteiger partial charge is 0.190 e. The summed E-state index contributed by atoms with van der Waals surface area (Å²) in [7, 11) is 0. The Kier molecular flexibility index (Phi) is 1.97. The number of hydrogen-bond acceptors (Lipinski definition) is 0. The number of rotatable bonds is 1. The standard InChI is InChI=1S/C3H5BrF2/c1-3(4,6)2-5/h2H2,1H3. The molecule has 0 aliphatic rings. The summed E-state index contributed by atoms with van der Waals surface area (Å²) in [5.74, 6) is 0. The first-order valence-electron chi connectivity index (χ1n) is 1.50. The molecule has 0 aromatic heterocycles. The molecular weight excluding hydrogens is 154 g/mol. The van der Waals surface area contributed by atoms with Gasteiger partial charge in [-0.05, 0) is 22.9 Å². The van der Waals surface area contributed by atoms with E-state index < -0.39 is 11.3 Å². The lowest BCUT2D eigenvalue weighted by Gasteiger charge is -2.01. The van der Waals surface area contributed by atoms with E-state index in [0.29, 0.717) is 0 Å². The Balaban J connectivity index is 3.17. The zero-order valence-corrected chi connectivity index (χ0v) is 4.93. The Morgan fingerprint density at radius 1 is 1.83 bits per heavy atom. The van der Waals surface area contributed by atoms with Crippen LogP contribution in [0.4, 0.5) is 8.78 Å². The minimum Gasteiger partial charge on any atom is -0.247 e. The Hall–Kier alpha value is 0.340. The summed E-state index contributed by atoms with van der Waals surface area (Å²) < 4.78 is 20.9. The monoisotopic (exact) mass is 158 g/mol. The first-order valence-corrected chi connectivity index (χ1v) is 2.29. The minimum absolute atomic E-state index is 0.979. The van der Waals surface area contributed by atoms with Crippen LogP contribution in [0.3, 0.4) is 0 Å². The molecule has 6 heavy (non-hydrogen) atoms. The van der Waals surface area contributed by atoms with E-state index >= 15 is 0 Å². The van der Waals surface area contributed by atoms with Gasteiger partial charge in [0.25, 0.3) is 0 Å². The highest BCUT2D eigenvalue weighted by atomic mass is 79.9. The summed E-state index contributed by atoms with van der Waals surface area (Å²) in [5.41, 5.74) is 0. The maximum Gasteiger partial charge on any atom is 0.190 e. The highest BCUT2D eigenvalue weighted by Crippen LogP contribution is 2.17. The van der Waals surface area contributed by atoms with Crippen molar-refractivity contribution in [1.29, 1.82) is 0 Å². The van der Waals surface area contributed by atoms with Gasteiger partial charge in [-0.15, -0.1) is 0 Å². The average molecular weight is 159 g/mol. The van der Waals surface area contributed by atoms with E-state index in [1.807, 2.05) is 0 Å². The van der Waals surface area contributed by atoms with Gasteiger partial charge in [0.05, 0.1) is 0 Å². The molecule has 1 atom stereocenters. The molecule has 0 spiro atoms. The van der Waals surface area contributed by atoms with E-state index in [-0.39, 0.29) is 0 Å². The third kappa shape index (κ3) is 4.34. The lowest BCUT2D eigenvalue weighted by Crippen LogP contribution is -2.08. The van der Waals surface area contributed by atoms with Crippen molar-refractivity contribution in [3.05, 3.63) is 0 Å². The largest absolute Gasteiger partial charge is 0.247 e. The summed E-state index contributed by atoms with van der Waals surface area (Å²) in [6.07, 6.45) is 0. The van der Waals surface area contributed by atoms with Gasteiger partial charge in [0, 0.05) is 0 Å². The van der Waals surface area contributed by atoms with E-state index in [9.17, 15) is 8.78 Å². The lowest BCUT2D eigenvalue weighted by atomic mass is 10.5. The van der Waals surface area contributed by atoms with Crippen molar-refractivity contribution in [1.82, 2.24) is 0 Å². The quantitative estimate of drug-likeness (QED) is 0.513. The van der Waals surface area contributed by atoms with Crippen LogP contribution in [0.5, 0.6) is 0 Å². The van der Waals surface area contributed by atoms with Gasteiger partial charge in [0.2, 0.25) is 0 Å². The molecule has 0 radical (unpaired) electrons. The van der Waals surface area contributed by atoms with Crippen LogP contribution in [0.1, 0.15) is 6.92 Å². The van der Waals surface area contributed by atoms with Gasteiger partial charge in [-0.25, -0.2) is 8.78 Å². The molecule has 0 aromatic rings. The SMILES string of the molecule is CC(F)(Br)CF. The Morgan fingerprint density at radius 3 is 2.00 bits per heavy atom. The maximum atomic E-state index is 11.7. The van der Waals surface area contributed by atoms with Gasteiger partial charge in [-0.3, -0.25) is 0 Å². The fourth-order valence-electron chi connectivity index (χ4n) is 0. The van der Waals surface area contributed by atoms with Crippen molar-refractivity contribution in [2.24, 2.45) is 0 Å². The molecule has 0 rings (SSSR count). The molecule has 3 heteroatoms. The molecule has 0 saturated carbocycles. The fraction of sp³-hybridized carbons (Fsp3) is 1.00. The van der Waals surface area contributed by atoms with Gasteiger partial charge in [0.1, 0.15) is 6.67 Å². The molecule has 0 saturated heterocycles.